The van der Waals surface area contributed by atoms with Crippen LogP contribution in [-0.2, 0) is 4.79 Å². The van der Waals surface area contributed by atoms with Gasteiger partial charge in [0.1, 0.15) is 0 Å². The van der Waals surface area contributed by atoms with Crippen LogP contribution in [0.3, 0.4) is 0 Å². The van der Waals surface area contributed by atoms with Crippen molar-refractivity contribution in [3.8, 4) is 0 Å². The smallest absolute Gasteiger partial charge is 0.207 e. The first kappa shape index (κ1) is 16.8. The van der Waals surface area contributed by atoms with Gasteiger partial charge in [0.15, 0.2) is 0 Å². The molecule has 0 heterocycles. The predicted molar refractivity (Wildman–Crippen MR) is 95.9 cm³/mol. The van der Waals surface area contributed by atoms with Gasteiger partial charge in [-0.05, 0) is 89.4 Å². The van der Waals surface area contributed by atoms with Crippen LogP contribution in [0.15, 0.2) is 22.8 Å². The summed E-state index contributed by atoms with van der Waals surface area (Å²) in [4.78, 5) is 11.2. The standard InChI is InChI=1S/C21H33NO/c1-13(2)10-16-11-15(4)17-8-9-21(5,22-12-23)18-7-6-14(3)19(16)20(17)18/h10,12,15-18,20H,6-9,11H2,1-5H3,(H,22,23)/t15-,16-,17?,18-,20+,21-/m0/s1. The number of nitrogens with one attached hydrogen (secondary N) is 1. The van der Waals surface area contributed by atoms with Crippen LogP contribution >= 0.6 is 0 Å². The van der Waals surface area contributed by atoms with E-state index in [0.29, 0.717) is 17.8 Å². The minimum absolute atomic E-state index is 0.0125. The predicted octanol–water partition coefficient (Wildman–Crippen LogP) is 4.87. The molecule has 0 aromatic rings. The number of rotatable bonds is 3. The number of carbonyl (C=O) groups is 1. The van der Waals surface area contributed by atoms with Crippen molar-refractivity contribution in [1.82, 2.24) is 5.32 Å². The molecule has 1 N–H and O–H groups in total. The van der Waals surface area contributed by atoms with E-state index in [2.05, 4.69) is 46.0 Å². The Labute approximate surface area is 141 Å². The molecule has 0 aliphatic heterocycles. The first-order valence-corrected chi connectivity index (χ1v) is 9.43. The van der Waals surface area contributed by atoms with E-state index in [-0.39, 0.29) is 5.54 Å². The van der Waals surface area contributed by atoms with E-state index < -0.39 is 0 Å². The molecular formula is C21H33NO. The van der Waals surface area contributed by atoms with E-state index in [0.717, 1.165) is 24.7 Å². The van der Waals surface area contributed by atoms with E-state index in [1.54, 1.807) is 11.1 Å². The molecule has 2 saturated carbocycles. The summed E-state index contributed by atoms with van der Waals surface area (Å²) in [6.07, 6.45) is 9.60. The Kier molecular flexibility index (Phi) is 4.46. The summed E-state index contributed by atoms with van der Waals surface area (Å²) in [5.74, 6) is 3.52. The molecule has 0 saturated heterocycles. The molecule has 128 valence electrons. The van der Waals surface area contributed by atoms with Gasteiger partial charge in [-0.15, -0.1) is 0 Å². The Bertz CT molecular complexity index is 542. The Morgan fingerprint density at radius 1 is 1.30 bits per heavy atom. The Balaban J connectivity index is 2.04. The van der Waals surface area contributed by atoms with Gasteiger partial charge in [0.2, 0.25) is 6.41 Å². The normalized spacial score (nSPS) is 42.7. The molecule has 0 aromatic heterocycles. The van der Waals surface area contributed by atoms with Gasteiger partial charge in [0.05, 0.1) is 0 Å². The minimum atomic E-state index is -0.0125. The van der Waals surface area contributed by atoms with Crippen molar-refractivity contribution < 1.29 is 4.79 Å². The maximum Gasteiger partial charge on any atom is 0.207 e. The molecule has 0 radical (unpaired) electrons. The first-order valence-electron chi connectivity index (χ1n) is 9.43. The highest BCUT2D eigenvalue weighted by Crippen LogP contribution is 2.58. The summed E-state index contributed by atoms with van der Waals surface area (Å²) < 4.78 is 0. The SMILES string of the molecule is CC(C)=C[C@H]1C[C@H](C)C2CC[C@](C)(NC=O)[C@H]3CCC(C)=C1[C@H]23. The van der Waals surface area contributed by atoms with E-state index in [1.807, 2.05) is 0 Å². The topological polar surface area (TPSA) is 29.1 Å². The minimum Gasteiger partial charge on any atom is -0.353 e. The van der Waals surface area contributed by atoms with Crippen molar-refractivity contribution in [2.24, 2.45) is 29.6 Å². The van der Waals surface area contributed by atoms with Crippen LogP contribution in [0.4, 0.5) is 0 Å². The highest BCUT2D eigenvalue weighted by atomic mass is 16.1. The lowest BCUT2D eigenvalue weighted by Gasteiger charge is -2.57. The van der Waals surface area contributed by atoms with Crippen LogP contribution in [0.25, 0.3) is 0 Å². The molecule has 2 heteroatoms. The van der Waals surface area contributed by atoms with E-state index >= 15 is 0 Å². The second-order valence-electron chi connectivity index (χ2n) is 8.85. The fraction of sp³-hybridized carbons (Fsp3) is 0.762. The number of hydrogen-bond donors (Lipinski definition) is 1. The third-order valence-electron chi connectivity index (χ3n) is 7.07. The van der Waals surface area contributed by atoms with Crippen molar-refractivity contribution >= 4 is 6.41 Å². The van der Waals surface area contributed by atoms with Gasteiger partial charge < -0.3 is 5.32 Å². The van der Waals surface area contributed by atoms with Crippen molar-refractivity contribution in [2.45, 2.75) is 72.3 Å². The van der Waals surface area contributed by atoms with Crippen LogP contribution in [0.1, 0.15) is 66.7 Å². The third kappa shape index (κ3) is 2.79. The van der Waals surface area contributed by atoms with Crippen LogP contribution in [0.5, 0.6) is 0 Å². The lowest BCUT2D eigenvalue weighted by Crippen LogP contribution is -2.58. The fourth-order valence-corrected chi connectivity index (χ4v) is 6.05. The van der Waals surface area contributed by atoms with Gasteiger partial charge >= 0.3 is 0 Å². The molecule has 3 rings (SSSR count). The zero-order chi connectivity index (χ0) is 16.8. The number of carbonyl (C=O) groups excluding carboxylic acids is 1. The zero-order valence-corrected chi connectivity index (χ0v) is 15.5. The van der Waals surface area contributed by atoms with Crippen LogP contribution in [0.2, 0.25) is 0 Å². The summed E-state index contributed by atoms with van der Waals surface area (Å²) in [6.45, 7) is 11.6. The second-order valence-corrected chi connectivity index (χ2v) is 8.85. The van der Waals surface area contributed by atoms with Gasteiger partial charge in [-0.1, -0.05) is 29.7 Å². The molecule has 3 aliphatic rings. The largest absolute Gasteiger partial charge is 0.353 e. The highest BCUT2D eigenvalue weighted by Gasteiger charge is 2.53. The molecule has 6 atom stereocenters. The number of amides is 1. The van der Waals surface area contributed by atoms with Gasteiger partial charge in [0, 0.05) is 5.54 Å². The van der Waals surface area contributed by atoms with Crippen molar-refractivity contribution in [2.75, 3.05) is 0 Å². The monoisotopic (exact) mass is 315 g/mol. The Morgan fingerprint density at radius 3 is 2.70 bits per heavy atom. The molecule has 1 amide bonds. The average molecular weight is 316 g/mol. The Morgan fingerprint density at radius 2 is 2.04 bits per heavy atom. The van der Waals surface area contributed by atoms with Crippen molar-refractivity contribution in [3.63, 3.8) is 0 Å². The highest BCUT2D eigenvalue weighted by molar-refractivity contribution is 5.48. The van der Waals surface area contributed by atoms with Crippen molar-refractivity contribution in [3.05, 3.63) is 22.8 Å². The molecule has 2 fully saturated rings. The van der Waals surface area contributed by atoms with Crippen molar-refractivity contribution in [1.29, 1.82) is 0 Å². The van der Waals surface area contributed by atoms with Gasteiger partial charge in [-0.2, -0.15) is 0 Å². The Hall–Kier alpha value is -1.05. The van der Waals surface area contributed by atoms with Crippen LogP contribution < -0.4 is 5.32 Å². The molecule has 0 aromatic carbocycles. The lowest BCUT2D eigenvalue weighted by molar-refractivity contribution is -0.113. The molecule has 0 spiro atoms. The van der Waals surface area contributed by atoms with Gasteiger partial charge in [-0.25, -0.2) is 0 Å². The summed E-state index contributed by atoms with van der Waals surface area (Å²) in [5.41, 5.74) is 4.80. The molecule has 0 bridgehead atoms. The van der Waals surface area contributed by atoms with Crippen LogP contribution in [-0.4, -0.2) is 11.9 Å². The van der Waals surface area contributed by atoms with Crippen LogP contribution in [0, 0.1) is 29.6 Å². The molecule has 1 unspecified atom stereocenters. The second kappa shape index (κ2) is 6.11. The zero-order valence-electron chi connectivity index (χ0n) is 15.5. The first-order chi connectivity index (χ1) is 10.9. The molecule has 2 nitrogen and oxygen atoms in total. The molecule has 3 aliphatic carbocycles. The maximum absolute atomic E-state index is 11.2. The maximum atomic E-state index is 11.2. The van der Waals surface area contributed by atoms with E-state index in [9.17, 15) is 4.79 Å². The number of hydrogen-bond acceptors (Lipinski definition) is 1. The summed E-state index contributed by atoms with van der Waals surface area (Å²) in [6, 6.07) is 0. The average Bonchev–Trinajstić information content (AvgIpc) is 2.45. The quantitative estimate of drug-likeness (QED) is 0.584. The van der Waals surface area contributed by atoms with Gasteiger partial charge in [-0.3, -0.25) is 4.79 Å². The van der Waals surface area contributed by atoms with E-state index in [1.165, 1.54) is 31.3 Å². The summed E-state index contributed by atoms with van der Waals surface area (Å²) in [5, 5.41) is 3.22. The third-order valence-corrected chi connectivity index (χ3v) is 7.07. The summed E-state index contributed by atoms with van der Waals surface area (Å²) >= 11 is 0. The lowest BCUT2D eigenvalue weighted by atomic mass is 9.49. The fourth-order valence-electron chi connectivity index (χ4n) is 6.05. The molecule has 23 heavy (non-hydrogen) atoms. The molecular weight excluding hydrogens is 282 g/mol. The summed E-state index contributed by atoms with van der Waals surface area (Å²) in [7, 11) is 0. The van der Waals surface area contributed by atoms with E-state index in [4.69, 9.17) is 0 Å². The van der Waals surface area contributed by atoms with Gasteiger partial charge in [0.25, 0.3) is 0 Å². The number of allylic oxidation sites excluding steroid dienone is 4.